The van der Waals surface area contributed by atoms with E-state index in [1.807, 2.05) is 77.6 Å². The Hall–Kier alpha value is -3.45. The fraction of sp³-hybridized carbons (Fsp3) is 0. The van der Waals surface area contributed by atoms with Crippen LogP contribution in [-0.2, 0) is 0 Å². The highest BCUT2D eigenvalue weighted by Crippen LogP contribution is 2.26. The number of pyridine rings is 1. The molecule has 0 spiro atoms. The quantitative estimate of drug-likeness (QED) is 0.270. The van der Waals surface area contributed by atoms with E-state index in [4.69, 9.17) is 8.83 Å². The SMILES string of the molecule is O=[N+]([O-])c1ccc(/C(=C/c2ccc(-c3ccccc3)o2)[n+]2ccccc2)o1.[Br-]. The lowest BCUT2D eigenvalue weighted by molar-refractivity contribution is -0.579. The lowest BCUT2D eigenvalue weighted by Crippen LogP contribution is -3.00. The van der Waals surface area contributed by atoms with Gasteiger partial charge >= 0.3 is 5.88 Å². The van der Waals surface area contributed by atoms with Crippen molar-refractivity contribution in [2.24, 2.45) is 0 Å². The third-order valence-corrected chi connectivity index (χ3v) is 3.98. The van der Waals surface area contributed by atoms with Crippen LogP contribution in [0.5, 0.6) is 0 Å². The van der Waals surface area contributed by atoms with Gasteiger partial charge < -0.3 is 25.8 Å². The molecule has 0 amide bonds. The van der Waals surface area contributed by atoms with Crippen LogP contribution in [0.15, 0.2) is 94.0 Å². The average Bonchev–Trinajstić information content (AvgIpc) is 3.37. The first kappa shape index (κ1) is 19.3. The first-order valence-corrected chi connectivity index (χ1v) is 8.29. The summed E-state index contributed by atoms with van der Waals surface area (Å²) in [5.74, 6) is 1.41. The Balaban J connectivity index is 0.00000225. The molecular formula is C21H15BrN2O4. The van der Waals surface area contributed by atoms with Crippen molar-refractivity contribution in [2.45, 2.75) is 0 Å². The molecule has 0 aliphatic heterocycles. The smallest absolute Gasteiger partial charge is 0.433 e. The molecule has 3 heterocycles. The van der Waals surface area contributed by atoms with Gasteiger partial charge in [-0.1, -0.05) is 36.4 Å². The molecule has 4 rings (SSSR count). The van der Waals surface area contributed by atoms with E-state index < -0.39 is 4.92 Å². The summed E-state index contributed by atoms with van der Waals surface area (Å²) in [5.41, 5.74) is 1.59. The molecule has 0 bridgehead atoms. The number of nitro groups is 1. The maximum atomic E-state index is 11.0. The molecule has 4 aromatic rings. The minimum absolute atomic E-state index is 0. The van der Waals surface area contributed by atoms with E-state index in [9.17, 15) is 10.1 Å². The van der Waals surface area contributed by atoms with E-state index in [0.29, 0.717) is 17.2 Å². The van der Waals surface area contributed by atoms with Crippen LogP contribution in [0, 0.1) is 10.1 Å². The Morgan fingerprint density at radius 3 is 2.29 bits per heavy atom. The van der Waals surface area contributed by atoms with E-state index in [0.717, 1.165) is 11.3 Å². The number of furan rings is 2. The zero-order valence-corrected chi connectivity index (χ0v) is 16.2. The fourth-order valence-corrected chi connectivity index (χ4v) is 2.72. The average molecular weight is 439 g/mol. The molecule has 0 aliphatic carbocycles. The van der Waals surface area contributed by atoms with Gasteiger partial charge in [-0.25, -0.2) is 0 Å². The lowest BCUT2D eigenvalue weighted by Gasteiger charge is -1.98. The fourth-order valence-electron chi connectivity index (χ4n) is 2.72. The molecule has 1 aromatic carbocycles. The van der Waals surface area contributed by atoms with Gasteiger partial charge in [0.1, 0.15) is 16.4 Å². The third kappa shape index (κ3) is 4.10. The number of hydrogen-bond acceptors (Lipinski definition) is 4. The van der Waals surface area contributed by atoms with Crippen molar-refractivity contribution in [1.82, 2.24) is 0 Å². The second kappa shape index (κ2) is 8.49. The summed E-state index contributed by atoms with van der Waals surface area (Å²) in [6, 6.07) is 22.0. The van der Waals surface area contributed by atoms with Crippen molar-refractivity contribution in [2.75, 3.05) is 0 Å². The zero-order chi connectivity index (χ0) is 18.6. The third-order valence-electron chi connectivity index (χ3n) is 3.98. The molecule has 28 heavy (non-hydrogen) atoms. The second-order valence-electron chi connectivity index (χ2n) is 5.78. The predicted molar refractivity (Wildman–Crippen MR) is 99.4 cm³/mol. The van der Waals surface area contributed by atoms with Gasteiger partial charge in [-0.3, -0.25) is 10.1 Å². The predicted octanol–water partition coefficient (Wildman–Crippen LogP) is 1.79. The molecule has 140 valence electrons. The maximum Gasteiger partial charge on any atom is 0.433 e. The molecule has 7 heteroatoms. The summed E-state index contributed by atoms with van der Waals surface area (Å²) in [6.07, 6.45) is 5.46. The van der Waals surface area contributed by atoms with Gasteiger partial charge in [0, 0.05) is 17.7 Å². The first-order chi connectivity index (χ1) is 13.2. The Labute approximate surface area is 171 Å². The Kier molecular flexibility index (Phi) is 5.86. The normalized spacial score (nSPS) is 11.1. The standard InChI is InChI=1S/C21H15N2O4.BrH/c24-23(25)21-12-11-20(27-21)18(22-13-5-2-6-14-22)15-17-9-10-19(26-17)16-7-3-1-4-8-16;/h1-15H;1H/q+1;/p-1/b18-15-;. The summed E-state index contributed by atoms with van der Waals surface area (Å²) < 4.78 is 13.1. The van der Waals surface area contributed by atoms with Crippen LogP contribution in [-0.4, -0.2) is 4.92 Å². The number of benzene rings is 1. The van der Waals surface area contributed by atoms with Gasteiger partial charge in [-0.2, -0.15) is 4.57 Å². The second-order valence-corrected chi connectivity index (χ2v) is 5.78. The first-order valence-electron chi connectivity index (χ1n) is 8.29. The van der Waals surface area contributed by atoms with E-state index in [2.05, 4.69) is 0 Å². The summed E-state index contributed by atoms with van der Waals surface area (Å²) in [4.78, 5) is 10.4. The minimum atomic E-state index is -0.558. The van der Waals surface area contributed by atoms with Crippen molar-refractivity contribution < 1.29 is 35.3 Å². The van der Waals surface area contributed by atoms with Crippen LogP contribution in [0.4, 0.5) is 5.88 Å². The van der Waals surface area contributed by atoms with E-state index in [1.165, 1.54) is 6.07 Å². The zero-order valence-electron chi connectivity index (χ0n) is 14.6. The number of aromatic nitrogens is 1. The lowest BCUT2D eigenvalue weighted by atomic mass is 10.2. The van der Waals surface area contributed by atoms with Crippen LogP contribution < -0.4 is 21.5 Å². The highest BCUT2D eigenvalue weighted by molar-refractivity contribution is 5.73. The highest BCUT2D eigenvalue weighted by Gasteiger charge is 2.22. The topological polar surface area (TPSA) is 73.3 Å². The van der Waals surface area contributed by atoms with E-state index in [1.54, 1.807) is 12.1 Å². The highest BCUT2D eigenvalue weighted by atomic mass is 79.9. The monoisotopic (exact) mass is 438 g/mol. The van der Waals surface area contributed by atoms with Crippen molar-refractivity contribution in [1.29, 1.82) is 0 Å². The van der Waals surface area contributed by atoms with Gasteiger partial charge in [0.2, 0.25) is 5.76 Å². The maximum absolute atomic E-state index is 11.0. The number of nitrogens with zero attached hydrogens (tertiary/aromatic N) is 2. The van der Waals surface area contributed by atoms with Gasteiger partial charge in [0.15, 0.2) is 12.4 Å². The Morgan fingerprint density at radius 1 is 0.893 bits per heavy atom. The van der Waals surface area contributed by atoms with Crippen molar-refractivity contribution in [3.05, 3.63) is 107 Å². The van der Waals surface area contributed by atoms with Gasteiger partial charge in [-0.15, -0.1) is 0 Å². The Morgan fingerprint density at radius 2 is 1.61 bits per heavy atom. The molecular weight excluding hydrogens is 424 g/mol. The van der Waals surface area contributed by atoms with E-state index >= 15 is 0 Å². The molecule has 0 N–H and O–H groups in total. The van der Waals surface area contributed by atoms with Crippen molar-refractivity contribution >= 4 is 17.7 Å². The van der Waals surface area contributed by atoms with Crippen LogP contribution in [0.25, 0.3) is 23.1 Å². The molecule has 0 unspecified atom stereocenters. The van der Waals surface area contributed by atoms with Gasteiger partial charge in [0.05, 0.1) is 12.1 Å². The molecule has 3 aromatic heterocycles. The largest absolute Gasteiger partial charge is 1.00 e. The molecule has 6 nitrogen and oxygen atoms in total. The molecule has 0 saturated heterocycles. The summed E-state index contributed by atoms with van der Waals surface area (Å²) >= 11 is 0. The number of hydrogen-bond donors (Lipinski definition) is 0. The van der Waals surface area contributed by atoms with E-state index in [-0.39, 0.29) is 22.9 Å². The molecule has 0 radical (unpaired) electrons. The number of rotatable bonds is 5. The molecule has 0 fully saturated rings. The Bertz CT molecular complexity index is 1100. The summed E-state index contributed by atoms with van der Waals surface area (Å²) in [7, 11) is 0. The molecule has 0 aliphatic rings. The van der Waals surface area contributed by atoms with Crippen LogP contribution in [0.1, 0.15) is 11.5 Å². The summed E-state index contributed by atoms with van der Waals surface area (Å²) in [5, 5.41) is 11.0. The van der Waals surface area contributed by atoms with Crippen LogP contribution >= 0.6 is 0 Å². The van der Waals surface area contributed by atoms with Crippen LogP contribution in [0.2, 0.25) is 0 Å². The van der Waals surface area contributed by atoms with Crippen LogP contribution in [0.3, 0.4) is 0 Å². The minimum Gasteiger partial charge on any atom is -1.00 e. The van der Waals surface area contributed by atoms with Gasteiger partial charge in [-0.05, 0) is 18.2 Å². The summed E-state index contributed by atoms with van der Waals surface area (Å²) in [6.45, 7) is 0. The van der Waals surface area contributed by atoms with Crippen molar-refractivity contribution in [3.8, 4) is 11.3 Å². The van der Waals surface area contributed by atoms with Gasteiger partial charge in [0.25, 0.3) is 5.70 Å². The number of halogens is 1. The molecule has 0 atom stereocenters. The van der Waals surface area contributed by atoms with Crippen molar-refractivity contribution in [3.63, 3.8) is 0 Å². The molecule has 0 saturated carbocycles.